The third-order valence-electron chi connectivity index (χ3n) is 6.64. The van der Waals surface area contributed by atoms with Crippen molar-refractivity contribution in [1.82, 2.24) is 4.98 Å². The highest BCUT2D eigenvalue weighted by Crippen LogP contribution is 2.29. The lowest BCUT2D eigenvalue weighted by molar-refractivity contribution is 0.483. The molecular weight excluding hydrogens is 598 g/mol. The van der Waals surface area contributed by atoms with Crippen LogP contribution in [0.3, 0.4) is 0 Å². The van der Waals surface area contributed by atoms with Crippen LogP contribution in [0.1, 0.15) is 5.56 Å². The first-order chi connectivity index (χ1) is 20.4. The van der Waals surface area contributed by atoms with E-state index in [9.17, 15) is 27.7 Å². The van der Waals surface area contributed by atoms with Crippen LogP contribution >= 0.6 is 0 Å². The van der Waals surface area contributed by atoms with Crippen molar-refractivity contribution < 1.29 is 30.7 Å². The molecule has 6 rings (SSSR count). The van der Waals surface area contributed by atoms with Gasteiger partial charge in [0, 0.05) is 27.1 Å². The number of hydrogen-bond acceptors (Lipinski definition) is 11. The van der Waals surface area contributed by atoms with Crippen molar-refractivity contribution in [3.63, 3.8) is 0 Å². The van der Waals surface area contributed by atoms with Crippen LogP contribution in [0.25, 0.3) is 27.4 Å². The highest BCUT2D eigenvalue weighted by molar-refractivity contribution is 7.86. The van der Waals surface area contributed by atoms with E-state index in [1.54, 1.807) is 66.7 Å². The zero-order valence-electron chi connectivity index (χ0n) is 21.7. The van der Waals surface area contributed by atoms with Crippen LogP contribution in [-0.2, 0) is 20.7 Å². The molecule has 0 saturated carbocycles. The van der Waals surface area contributed by atoms with E-state index in [1.807, 2.05) is 0 Å². The molecule has 0 bridgehead atoms. The van der Waals surface area contributed by atoms with E-state index in [4.69, 9.17) is 18.4 Å². The normalized spacial score (nSPS) is 12.1. The van der Waals surface area contributed by atoms with Crippen molar-refractivity contribution in [2.24, 2.45) is 0 Å². The molecule has 1 aliphatic carbocycles. The van der Waals surface area contributed by atoms with Gasteiger partial charge >= 0.3 is 10.6 Å². The Morgan fingerprint density at radius 3 is 2.09 bits per heavy atom. The summed E-state index contributed by atoms with van der Waals surface area (Å²) < 4.78 is 57.8. The van der Waals surface area contributed by atoms with E-state index < -0.39 is 31.2 Å². The van der Waals surface area contributed by atoms with E-state index in [2.05, 4.69) is 10.3 Å². The van der Waals surface area contributed by atoms with Crippen LogP contribution in [0.5, 0.6) is 0 Å². The molecule has 0 aromatic heterocycles. The molecule has 0 atom stereocenters. The number of aliphatic hydroxyl groups is 1. The summed E-state index contributed by atoms with van der Waals surface area (Å²) in [4.78, 5) is 30.9. The minimum absolute atomic E-state index is 0.0196. The van der Waals surface area contributed by atoms with E-state index >= 15 is 0 Å². The predicted molar refractivity (Wildman–Crippen MR) is 159 cm³/mol. The van der Waals surface area contributed by atoms with Gasteiger partial charge in [-0.3, -0.25) is 14.1 Å². The topological polar surface area (TPSA) is 211 Å². The fourth-order valence-electron chi connectivity index (χ4n) is 4.95. The average Bonchev–Trinajstić information content (AvgIpc) is 2.95. The van der Waals surface area contributed by atoms with Crippen LogP contribution < -0.4 is 27.3 Å². The van der Waals surface area contributed by atoms with Gasteiger partial charge in [-0.25, -0.2) is 4.98 Å². The molecule has 0 amide bonds. The fourth-order valence-corrected chi connectivity index (χ4v) is 5.55. The molecule has 5 N–H and O–H groups in total. The molecule has 12 nitrogen and oxygen atoms in total. The molecular formula is C29H19N3O9S2. The van der Waals surface area contributed by atoms with Gasteiger partial charge in [0.2, 0.25) is 0 Å². The summed E-state index contributed by atoms with van der Waals surface area (Å²) >= 11 is 0. The number of hydrogen-bond donors (Lipinski definition) is 4. The maximum atomic E-state index is 13.8. The van der Waals surface area contributed by atoms with Crippen molar-refractivity contribution >= 4 is 65.2 Å². The summed E-state index contributed by atoms with van der Waals surface area (Å²) in [5.41, 5.74) is 6.13. The summed E-state index contributed by atoms with van der Waals surface area (Å²) in [6, 6.07) is 22.5. The van der Waals surface area contributed by atoms with Crippen LogP contribution in [0.2, 0.25) is 0 Å². The molecule has 0 saturated heterocycles. The molecule has 4 aromatic carbocycles. The Balaban J connectivity index is 0.000000868. The van der Waals surface area contributed by atoms with E-state index in [0.29, 0.717) is 38.1 Å². The van der Waals surface area contributed by atoms with Crippen LogP contribution in [0, 0.1) is 10.4 Å². The Hall–Kier alpha value is -5.44. The summed E-state index contributed by atoms with van der Waals surface area (Å²) in [6.07, 6.45) is 0. The molecule has 2 aliphatic rings. The highest BCUT2D eigenvalue weighted by atomic mass is 32.2. The van der Waals surface area contributed by atoms with Crippen LogP contribution in [-0.4, -0.2) is 35.7 Å². The lowest BCUT2D eigenvalue weighted by Crippen LogP contribution is -2.33. The summed E-state index contributed by atoms with van der Waals surface area (Å²) in [7, 11) is -7.63. The zero-order chi connectivity index (χ0) is 31.1. The summed E-state index contributed by atoms with van der Waals surface area (Å²) in [5, 5.41) is 16.2. The summed E-state index contributed by atoms with van der Waals surface area (Å²) in [5.74, 6) is -0.257. The molecule has 14 heteroatoms. The lowest BCUT2D eigenvalue weighted by atomic mass is 9.96. The Bertz CT molecular complexity index is 2520. The Labute approximate surface area is 243 Å². The second-order valence-electron chi connectivity index (χ2n) is 9.20. The monoisotopic (exact) mass is 617 g/mol. The number of aliphatic hydroxyl groups excluding tert-OH is 1. The fraction of sp³-hybridized carbons (Fsp3) is 0. The second kappa shape index (κ2) is 11.1. The quantitative estimate of drug-likeness (QED) is 0.166. The molecule has 1 aliphatic heterocycles. The van der Waals surface area contributed by atoms with Crippen molar-refractivity contribution in [2.75, 3.05) is 11.1 Å². The van der Waals surface area contributed by atoms with Gasteiger partial charge in [-0.05, 0) is 35.7 Å². The zero-order valence-corrected chi connectivity index (χ0v) is 23.3. The van der Waals surface area contributed by atoms with Gasteiger partial charge in [-0.2, -0.15) is 8.42 Å². The van der Waals surface area contributed by atoms with Gasteiger partial charge in [0.15, 0.2) is 5.43 Å². The molecule has 216 valence electrons. The van der Waals surface area contributed by atoms with Gasteiger partial charge in [-0.15, -0.1) is 12.6 Å². The molecule has 0 fully saturated rings. The van der Waals surface area contributed by atoms with Gasteiger partial charge in [0.25, 0.3) is 15.7 Å². The minimum Gasteiger partial charge on any atom is -0.506 e. The number of anilines is 3. The SMILES string of the molecule is Nc1cc(Nc2ccc3nc(=O)c(=C(O)c4ccccc4)c4c5ccccc5c(=O)c2c3=4)ccc1S(=O)(=O)O.O=S(=O)=O. The van der Waals surface area contributed by atoms with E-state index in [1.165, 1.54) is 12.1 Å². The lowest BCUT2D eigenvalue weighted by Gasteiger charge is -2.13. The molecule has 0 spiro atoms. The number of nitrogen functional groups attached to an aromatic ring is 1. The van der Waals surface area contributed by atoms with E-state index in [-0.39, 0.29) is 33.0 Å². The first kappa shape index (κ1) is 29.1. The number of aromatic nitrogens is 1. The number of nitrogens with one attached hydrogen (secondary N) is 1. The maximum Gasteiger partial charge on any atom is 0.425 e. The van der Waals surface area contributed by atoms with Crippen molar-refractivity contribution in [2.45, 2.75) is 4.90 Å². The Morgan fingerprint density at radius 1 is 0.837 bits per heavy atom. The molecule has 1 heterocycles. The first-order valence-electron chi connectivity index (χ1n) is 12.2. The molecule has 4 aromatic rings. The molecule has 43 heavy (non-hydrogen) atoms. The second-order valence-corrected chi connectivity index (χ2v) is 11.0. The number of rotatable bonds is 4. The third-order valence-corrected chi connectivity index (χ3v) is 7.57. The summed E-state index contributed by atoms with van der Waals surface area (Å²) in [6.45, 7) is 0. The number of nitrogens with two attached hydrogens (primary N) is 1. The van der Waals surface area contributed by atoms with Crippen molar-refractivity contribution in [1.29, 1.82) is 0 Å². The maximum absolute atomic E-state index is 13.8. The number of nitrogens with zero attached hydrogens (tertiary/aromatic N) is 1. The highest BCUT2D eigenvalue weighted by Gasteiger charge is 2.19. The first-order valence-corrected chi connectivity index (χ1v) is 14.7. The third kappa shape index (κ3) is 5.44. The Morgan fingerprint density at radius 2 is 1.47 bits per heavy atom. The van der Waals surface area contributed by atoms with Gasteiger partial charge in [0.1, 0.15) is 10.7 Å². The minimum atomic E-state index is -4.51. The average molecular weight is 618 g/mol. The Kier molecular flexibility index (Phi) is 7.50. The van der Waals surface area contributed by atoms with E-state index in [0.717, 1.165) is 6.07 Å². The van der Waals surface area contributed by atoms with Gasteiger partial charge < -0.3 is 16.2 Å². The molecule has 0 radical (unpaired) electrons. The van der Waals surface area contributed by atoms with Crippen molar-refractivity contribution in [3.05, 3.63) is 127 Å². The molecule has 0 unspecified atom stereocenters. The number of fused-ring (bicyclic) bond motifs is 2. The van der Waals surface area contributed by atoms with Crippen LogP contribution in [0.4, 0.5) is 17.1 Å². The standard InChI is InChI=1S/C29H19N3O6S.O3S/c30-19-14-16(10-13-22(19)39(36,37)38)31-21-12-11-20-24-23(17-8-4-5-9-18(17)28(34)25(21)24)26(29(35)32-20)27(33)15-6-2-1-3-7-15;1-4(2)3/h1-14,31,33H,30H2,(H,36,37,38);. The van der Waals surface area contributed by atoms with Crippen LogP contribution in [0.15, 0.2) is 99.4 Å². The predicted octanol–water partition coefficient (Wildman–Crippen LogP) is 2.27. The smallest absolute Gasteiger partial charge is 0.425 e. The van der Waals surface area contributed by atoms with Gasteiger partial charge in [0.05, 0.1) is 27.5 Å². The van der Waals surface area contributed by atoms with Crippen molar-refractivity contribution in [3.8, 4) is 0 Å². The van der Waals surface area contributed by atoms with Gasteiger partial charge in [-0.1, -0.05) is 54.6 Å². The number of benzene rings is 4. The largest absolute Gasteiger partial charge is 0.506 e.